The van der Waals surface area contributed by atoms with E-state index in [1.54, 1.807) is 0 Å². The number of nitrogens with one attached hydrogen (secondary N) is 1. The minimum absolute atomic E-state index is 0.0264. The maximum atomic E-state index is 11.8. The highest BCUT2D eigenvalue weighted by atomic mass is 32.2. The Morgan fingerprint density at radius 3 is 2.61 bits per heavy atom. The van der Waals surface area contributed by atoms with Crippen LogP contribution < -0.4 is 5.32 Å². The lowest BCUT2D eigenvalue weighted by Gasteiger charge is -2.24. The number of carboxylic acids is 1. The fourth-order valence-electron chi connectivity index (χ4n) is 2.17. The summed E-state index contributed by atoms with van der Waals surface area (Å²) < 4.78 is 0. The highest BCUT2D eigenvalue weighted by molar-refractivity contribution is 7.99. The Morgan fingerprint density at radius 2 is 2.06 bits per heavy atom. The molecule has 1 atom stereocenters. The number of thioether (sulfide) groups is 1. The predicted octanol–water partition coefficient (Wildman–Crippen LogP) is 2.28. The molecule has 18 heavy (non-hydrogen) atoms. The van der Waals surface area contributed by atoms with Crippen molar-refractivity contribution in [2.45, 2.75) is 51.2 Å². The van der Waals surface area contributed by atoms with Gasteiger partial charge in [0.15, 0.2) is 0 Å². The fraction of sp³-hybridized carbons (Fsp3) is 0.846. The molecule has 0 aromatic carbocycles. The predicted molar refractivity (Wildman–Crippen MR) is 73.8 cm³/mol. The van der Waals surface area contributed by atoms with E-state index in [2.05, 4.69) is 5.32 Å². The van der Waals surface area contributed by atoms with Crippen molar-refractivity contribution in [3.8, 4) is 0 Å². The van der Waals surface area contributed by atoms with Gasteiger partial charge in [-0.2, -0.15) is 11.8 Å². The average molecular weight is 273 g/mol. The van der Waals surface area contributed by atoms with E-state index in [1.807, 2.05) is 25.6 Å². The molecule has 0 spiro atoms. The van der Waals surface area contributed by atoms with Crippen LogP contribution in [-0.4, -0.2) is 34.5 Å². The molecule has 0 aromatic heterocycles. The molecule has 1 saturated heterocycles. The number of rotatable bonds is 6. The first-order chi connectivity index (χ1) is 8.39. The first-order valence-corrected chi connectivity index (χ1v) is 7.54. The first-order valence-electron chi connectivity index (χ1n) is 6.49. The number of carboxylic acid groups (broad SMARTS) is 1. The van der Waals surface area contributed by atoms with Crippen LogP contribution in [0.1, 0.15) is 46.0 Å². The van der Waals surface area contributed by atoms with Crippen LogP contribution in [0.4, 0.5) is 0 Å². The second-order valence-electron chi connectivity index (χ2n) is 5.70. The number of aliphatic carboxylic acids is 1. The molecule has 104 valence electrons. The number of carbonyl (C=O) groups is 2. The van der Waals surface area contributed by atoms with Crippen molar-refractivity contribution in [1.82, 2.24) is 5.32 Å². The highest BCUT2D eigenvalue weighted by Gasteiger charge is 2.25. The van der Waals surface area contributed by atoms with Gasteiger partial charge in [0.05, 0.1) is 6.42 Å². The molecule has 1 fully saturated rings. The lowest BCUT2D eigenvalue weighted by atomic mass is 9.85. The smallest absolute Gasteiger partial charge is 0.303 e. The Morgan fingerprint density at radius 1 is 1.33 bits per heavy atom. The van der Waals surface area contributed by atoms with Crippen molar-refractivity contribution < 1.29 is 14.7 Å². The largest absolute Gasteiger partial charge is 0.481 e. The van der Waals surface area contributed by atoms with Crippen molar-refractivity contribution in [1.29, 1.82) is 0 Å². The summed E-state index contributed by atoms with van der Waals surface area (Å²) in [5, 5.41) is 12.2. The van der Waals surface area contributed by atoms with Gasteiger partial charge in [-0.05, 0) is 24.0 Å². The minimum Gasteiger partial charge on any atom is -0.481 e. The van der Waals surface area contributed by atoms with Gasteiger partial charge in [-0.25, -0.2) is 0 Å². The molecule has 4 nitrogen and oxygen atoms in total. The van der Waals surface area contributed by atoms with Crippen LogP contribution in [0.5, 0.6) is 0 Å². The summed E-state index contributed by atoms with van der Waals surface area (Å²) >= 11 is 1.92. The molecule has 1 heterocycles. The van der Waals surface area contributed by atoms with Crippen molar-refractivity contribution in [2.75, 3.05) is 12.3 Å². The van der Waals surface area contributed by atoms with Crippen molar-refractivity contribution >= 4 is 23.6 Å². The molecule has 1 unspecified atom stereocenters. The average Bonchev–Trinajstić information content (AvgIpc) is 2.25. The van der Waals surface area contributed by atoms with Gasteiger partial charge < -0.3 is 10.4 Å². The van der Waals surface area contributed by atoms with Crippen molar-refractivity contribution in [3.63, 3.8) is 0 Å². The summed E-state index contributed by atoms with van der Waals surface area (Å²) in [5.41, 5.74) is -0.477. The van der Waals surface area contributed by atoms with Crippen molar-refractivity contribution in [2.24, 2.45) is 5.41 Å². The summed E-state index contributed by atoms with van der Waals surface area (Å²) in [5.74, 6) is 0.300. The van der Waals surface area contributed by atoms with Gasteiger partial charge in [-0.15, -0.1) is 0 Å². The van der Waals surface area contributed by atoms with Gasteiger partial charge in [0.25, 0.3) is 0 Å². The van der Waals surface area contributed by atoms with Crippen LogP contribution in [0.3, 0.4) is 0 Å². The third-order valence-electron chi connectivity index (χ3n) is 3.07. The molecular weight excluding hydrogens is 250 g/mol. The van der Waals surface area contributed by atoms with E-state index in [0.717, 1.165) is 0 Å². The highest BCUT2D eigenvalue weighted by Crippen LogP contribution is 2.26. The molecule has 0 bridgehead atoms. The molecule has 0 aromatic rings. The second-order valence-corrected chi connectivity index (χ2v) is 7.11. The SMILES string of the molecule is CC(C)(CC(=O)O)CC(=O)NCC1CCCCS1. The Bertz CT molecular complexity index is 299. The van der Waals surface area contributed by atoms with E-state index < -0.39 is 11.4 Å². The zero-order valence-corrected chi connectivity index (χ0v) is 12.0. The Kier molecular flexibility index (Phi) is 5.99. The first kappa shape index (κ1) is 15.3. The summed E-state index contributed by atoms with van der Waals surface area (Å²) in [6, 6.07) is 0. The van der Waals surface area contributed by atoms with E-state index in [-0.39, 0.29) is 18.7 Å². The van der Waals surface area contributed by atoms with Crippen LogP contribution >= 0.6 is 11.8 Å². The van der Waals surface area contributed by atoms with Crippen LogP contribution in [0.15, 0.2) is 0 Å². The zero-order valence-electron chi connectivity index (χ0n) is 11.2. The Hall–Kier alpha value is -0.710. The molecule has 0 aliphatic carbocycles. The van der Waals surface area contributed by atoms with Gasteiger partial charge in [-0.3, -0.25) is 9.59 Å². The molecule has 5 heteroatoms. The van der Waals surface area contributed by atoms with Gasteiger partial charge >= 0.3 is 5.97 Å². The Labute approximate surface area is 113 Å². The van der Waals surface area contributed by atoms with Crippen LogP contribution in [0.2, 0.25) is 0 Å². The lowest BCUT2D eigenvalue weighted by Crippen LogP contribution is -2.35. The molecule has 0 saturated carbocycles. The van der Waals surface area contributed by atoms with E-state index >= 15 is 0 Å². The molecular formula is C13H23NO3S. The van der Waals surface area contributed by atoms with E-state index in [4.69, 9.17) is 5.11 Å². The monoisotopic (exact) mass is 273 g/mol. The number of carbonyl (C=O) groups excluding carboxylic acids is 1. The fourth-order valence-corrected chi connectivity index (χ4v) is 3.40. The van der Waals surface area contributed by atoms with Crippen LogP contribution in [-0.2, 0) is 9.59 Å². The third-order valence-corrected chi connectivity index (χ3v) is 4.47. The van der Waals surface area contributed by atoms with Gasteiger partial charge in [-0.1, -0.05) is 20.3 Å². The van der Waals surface area contributed by atoms with Crippen LogP contribution in [0, 0.1) is 5.41 Å². The molecule has 2 N–H and O–H groups in total. The molecule has 1 aliphatic heterocycles. The second kappa shape index (κ2) is 7.02. The summed E-state index contributed by atoms with van der Waals surface area (Å²) in [4.78, 5) is 22.4. The molecule has 1 amide bonds. The number of hydrogen-bond donors (Lipinski definition) is 2. The van der Waals surface area contributed by atoms with Gasteiger partial charge in [0.1, 0.15) is 0 Å². The van der Waals surface area contributed by atoms with Crippen LogP contribution in [0.25, 0.3) is 0 Å². The molecule has 0 radical (unpaired) electrons. The minimum atomic E-state index is -0.851. The normalized spacial score (nSPS) is 20.4. The van der Waals surface area contributed by atoms with Crippen molar-refractivity contribution in [3.05, 3.63) is 0 Å². The van der Waals surface area contributed by atoms with Gasteiger partial charge in [0, 0.05) is 18.2 Å². The maximum absolute atomic E-state index is 11.8. The third kappa shape index (κ3) is 6.28. The van der Waals surface area contributed by atoms with E-state index in [0.29, 0.717) is 11.8 Å². The summed E-state index contributed by atoms with van der Waals surface area (Å²) in [6.45, 7) is 4.35. The molecule has 1 rings (SSSR count). The topological polar surface area (TPSA) is 66.4 Å². The summed E-state index contributed by atoms with van der Waals surface area (Å²) in [7, 11) is 0. The van der Waals surface area contributed by atoms with Gasteiger partial charge in [0.2, 0.25) is 5.91 Å². The Balaban J connectivity index is 2.25. The van der Waals surface area contributed by atoms with E-state index in [9.17, 15) is 9.59 Å². The summed E-state index contributed by atoms with van der Waals surface area (Å²) in [6.07, 6.45) is 4.00. The number of amides is 1. The lowest BCUT2D eigenvalue weighted by molar-refractivity contribution is -0.139. The quantitative estimate of drug-likeness (QED) is 0.779. The maximum Gasteiger partial charge on any atom is 0.303 e. The molecule has 1 aliphatic rings. The zero-order chi connectivity index (χ0) is 13.6. The van der Waals surface area contributed by atoms with E-state index in [1.165, 1.54) is 25.0 Å². The number of hydrogen-bond acceptors (Lipinski definition) is 3. The standard InChI is InChI=1S/C13H23NO3S/c1-13(2,8-12(16)17)7-11(15)14-9-10-5-3-4-6-18-10/h10H,3-9H2,1-2H3,(H,14,15)(H,16,17).